The van der Waals surface area contributed by atoms with E-state index in [-0.39, 0.29) is 12.4 Å². The van der Waals surface area contributed by atoms with E-state index in [1.165, 1.54) is 0 Å². The Morgan fingerprint density at radius 2 is 1.97 bits per heavy atom. The second-order valence-corrected chi connectivity index (χ2v) is 7.33. The third-order valence-corrected chi connectivity index (χ3v) is 5.12. The molecule has 2 aromatic rings. The minimum atomic E-state index is -0.715. The number of fused-ring (bicyclic) bond motifs is 1. The Hall–Kier alpha value is -3.13. The molecule has 150 valence electrons. The van der Waals surface area contributed by atoms with Gasteiger partial charge in [0, 0.05) is 49.7 Å². The van der Waals surface area contributed by atoms with E-state index in [0.29, 0.717) is 36.1 Å². The van der Waals surface area contributed by atoms with Gasteiger partial charge in [-0.1, -0.05) is 17.7 Å². The molecule has 0 spiro atoms. The lowest BCUT2D eigenvalue weighted by Gasteiger charge is -2.22. The lowest BCUT2D eigenvalue weighted by atomic mass is 10.1. The third-order valence-electron chi connectivity index (χ3n) is 4.90. The first-order chi connectivity index (χ1) is 14.0. The number of carbonyl (C=O) groups excluding carboxylic acids is 3. The number of halogens is 1. The summed E-state index contributed by atoms with van der Waals surface area (Å²) in [5.41, 5.74) is 1.18. The number of carbonyl (C=O) groups is 3. The highest BCUT2D eigenvalue weighted by Crippen LogP contribution is 2.29. The second kappa shape index (κ2) is 8.08. The average molecular weight is 415 g/mol. The number of hydrogen-bond acceptors (Lipinski definition) is 6. The largest absolute Gasteiger partial charge is 0.426 e. The zero-order chi connectivity index (χ0) is 20.4. The predicted octanol–water partition coefficient (Wildman–Crippen LogP) is 1.87. The molecule has 1 saturated heterocycles. The van der Waals surface area contributed by atoms with Crippen molar-refractivity contribution in [2.75, 3.05) is 36.4 Å². The number of nitrogens with zero attached hydrogens (tertiary/aromatic N) is 3. The van der Waals surface area contributed by atoms with Crippen molar-refractivity contribution in [1.82, 2.24) is 9.88 Å². The molecule has 8 nitrogen and oxygen atoms in total. The topological polar surface area (TPSA) is 91.8 Å². The number of anilines is 2. The maximum Gasteiger partial charge on any atom is 0.315 e. The lowest BCUT2D eigenvalue weighted by molar-refractivity contribution is -0.143. The van der Waals surface area contributed by atoms with Crippen LogP contribution in [0.4, 0.5) is 11.5 Å². The molecule has 0 radical (unpaired) electrons. The summed E-state index contributed by atoms with van der Waals surface area (Å²) >= 11 is 5.88. The molecule has 1 aromatic carbocycles. The average Bonchev–Trinajstić information content (AvgIpc) is 2.91. The molecule has 3 heterocycles. The molecule has 0 bridgehead atoms. The van der Waals surface area contributed by atoms with Gasteiger partial charge >= 0.3 is 17.8 Å². The zero-order valence-corrected chi connectivity index (χ0v) is 16.3. The third kappa shape index (κ3) is 4.32. The predicted molar refractivity (Wildman–Crippen MR) is 107 cm³/mol. The van der Waals surface area contributed by atoms with Crippen LogP contribution in [0.5, 0.6) is 5.75 Å². The van der Waals surface area contributed by atoms with E-state index in [2.05, 4.69) is 15.2 Å². The summed E-state index contributed by atoms with van der Waals surface area (Å²) < 4.78 is 5.08. The molecule has 2 amide bonds. The van der Waals surface area contributed by atoms with Crippen molar-refractivity contribution in [3.05, 3.63) is 47.1 Å². The van der Waals surface area contributed by atoms with Gasteiger partial charge in [-0.05, 0) is 24.6 Å². The molecule has 29 heavy (non-hydrogen) atoms. The zero-order valence-electron chi connectivity index (χ0n) is 15.6. The first kappa shape index (κ1) is 19.2. The Kier molecular flexibility index (Phi) is 5.35. The van der Waals surface area contributed by atoms with Crippen LogP contribution in [-0.2, 0) is 20.8 Å². The molecule has 2 aliphatic heterocycles. The molecule has 0 aliphatic carbocycles. The number of esters is 1. The van der Waals surface area contributed by atoms with Gasteiger partial charge in [-0.2, -0.15) is 0 Å². The van der Waals surface area contributed by atoms with Gasteiger partial charge in [-0.15, -0.1) is 0 Å². The van der Waals surface area contributed by atoms with Crippen LogP contribution < -0.4 is 15.0 Å². The number of ether oxygens (including phenoxy) is 1. The van der Waals surface area contributed by atoms with Crippen molar-refractivity contribution in [1.29, 1.82) is 0 Å². The van der Waals surface area contributed by atoms with Crippen LogP contribution in [0.2, 0.25) is 5.02 Å². The molecular formula is C20H19ClN4O4. The van der Waals surface area contributed by atoms with Crippen LogP contribution >= 0.6 is 11.6 Å². The minimum absolute atomic E-state index is 0.218. The van der Waals surface area contributed by atoms with Gasteiger partial charge in [0.15, 0.2) is 0 Å². The summed E-state index contributed by atoms with van der Waals surface area (Å²) in [6, 6.07) is 8.54. The van der Waals surface area contributed by atoms with E-state index in [4.69, 9.17) is 16.3 Å². The Morgan fingerprint density at radius 3 is 2.76 bits per heavy atom. The number of amides is 2. The first-order valence-corrected chi connectivity index (χ1v) is 9.68. The normalized spacial score (nSPS) is 16.1. The van der Waals surface area contributed by atoms with Gasteiger partial charge < -0.3 is 19.9 Å². The van der Waals surface area contributed by atoms with Crippen molar-refractivity contribution < 1.29 is 19.1 Å². The number of nitrogens with one attached hydrogen (secondary N) is 1. The molecule has 1 N–H and O–H groups in total. The molecular weight excluding hydrogens is 396 g/mol. The maximum atomic E-state index is 12.6. The van der Waals surface area contributed by atoms with E-state index in [1.54, 1.807) is 35.4 Å². The van der Waals surface area contributed by atoms with Crippen molar-refractivity contribution in [2.24, 2.45) is 0 Å². The summed E-state index contributed by atoms with van der Waals surface area (Å²) in [5.74, 6) is -0.424. The van der Waals surface area contributed by atoms with Crippen LogP contribution in [0, 0.1) is 0 Å². The van der Waals surface area contributed by atoms with E-state index < -0.39 is 11.8 Å². The molecule has 0 unspecified atom stereocenters. The van der Waals surface area contributed by atoms with Gasteiger partial charge in [-0.3, -0.25) is 14.4 Å². The number of pyridine rings is 1. The van der Waals surface area contributed by atoms with E-state index in [0.717, 1.165) is 24.3 Å². The Labute approximate surface area is 172 Å². The van der Waals surface area contributed by atoms with Crippen LogP contribution in [0.15, 0.2) is 36.5 Å². The fourth-order valence-electron chi connectivity index (χ4n) is 3.42. The van der Waals surface area contributed by atoms with Crippen molar-refractivity contribution in [3.8, 4) is 5.75 Å². The van der Waals surface area contributed by atoms with Crippen molar-refractivity contribution in [3.63, 3.8) is 0 Å². The van der Waals surface area contributed by atoms with Gasteiger partial charge in [0.2, 0.25) is 0 Å². The highest BCUT2D eigenvalue weighted by Gasteiger charge is 2.26. The van der Waals surface area contributed by atoms with Gasteiger partial charge in [0.25, 0.3) is 0 Å². The van der Waals surface area contributed by atoms with Crippen LogP contribution in [0.25, 0.3) is 0 Å². The standard InChI is InChI=1S/C20H19ClN4O4/c21-14-3-5-17(22-12-14)24-6-1-7-25(9-8-24)20(28)19(27)23-15-4-2-13-10-18(26)29-16(13)11-15/h2-5,11-12H,1,6-10H2,(H,23,27). The quantitative estimate of drug-likeness (QED) is 0.458. The van der Waals surface area contributed by atoms with Crippen LogP contribution in [0.3, 0.4) is 0 Å². The molecule has 0 saturated carbocycles. The molecule has 1 fully saturated rings. The molecule has 2 aliphatic rings. The Morgan fingerprint density at radius 1 is 1.10 bits per heavy atom. The van der Waals surface area contributed by atoms with Gasteiger partial charge in [0.05, 0.1) is 11.4 Å². The number of hydrogen-bond donors (Lipinski definition) is 1. The van der Waals surface area contributed by atoms with Crippen molar-refractivity contribution in [2.45, 2.75) is 12.8 Å². The van der Waals surface area contributed by atoms with Gasteiger partial charge in [0.1, 0.15) is 11.6 Å². The first-order valence-electron chi connectivity index (χ1n) is 9.30. The smallest absolute Gasteiger partial charge is 0.315 e. The second-order valence-electron chi connectivity index (χ2n) is 6.89. The molecule has 4 rings (SSSR count). The van der Waals surface area contributed by atoms with Gasteiger partial charge in [-0.25, -0.2) is 4.98 Å². The summed E-state index contributed by atoms with van der Waals surface area (Å²) in [6.45, 7) is 2.20. The van der Waals surface area contributed by atoms with Crippen molar-refractivity contribution >= 4 is 40.9 Å². The fraction of sp³-hybridized carbons (Fsp3) is 0.300. The molecule has 9 heteroatoms. The van der Waals surface area contributed by atoms with E-state index in [9.17, 15) is 14.4 Å². The summed E-state index contributed by atoms with van der Waals surface area (Å²) in [6.07, 6.45) is 2.53. The SMILES string of the molecule is O=C1Cc2ccc(NC(=O)C(=O)N3CCCN(c4ccc(Cl)cn4)CC3)cc2O1. The number of rotatable bonds is 2. The van der Waals surface area contributed by atoms with E-state index in [1.807, 2.05) is 6.07 Å². The number of benzene rings is 1. The summed E-state index contributed by atoms with van der Waals surface area (Å²) in [5, 5.41) is 3.16. The Balaban J connectivity index is 1.36. The van der Waals surface area contributed by atoms with Crippen LogP contribution in [-0.4, -0.2) is 53.8 Å². The maximum absolute atomic E-state index is 12.6. The molecule has 0 atom stereocenters. The number of aromatic nitrogens is 1. The summed E-state index contributed by atoms with van der Waals surface area (Å²) in [7, 11) is 0. The lowest BCUT2D eigenvalue weighted by Crippen LogP contribution is -2.41. The minimum Gasteiger partial charge on any atom is -0.426 e. The highest BCUT2D eigenvalue weighted by molar-refractivity contribution is 6.39. The highest BCUT2D eigenvalue weighted by atomic mass is 35.5. The van der Waals surface area contributed by atoms with Crippen LogP contribution in [0.1, 0.15) is 12.0 Å². The van der Waals surface area contributed by atoms with E-state index >= 15 is 0 Å². The fourth-order valence-corrected chi connectivity index (χ4v) is 3.53. The Bertz CT molecular complexity index is 963. The molecule has 1 aromatic heterocycles. The summed E-state index contributed by atoms with van der Waals surface area (Å²) in [4.78, 5) is 44.3. The monoisotopic (exact) mass is 414 g/mol.